The Morgan fingerprint density at radius 2 is 1.77 bits per heavy atom. The largest absolute Gasteiger partial charge is 0.332 e. The summed E-state index contributed by atoms with van der Waals surface area (Å²) < 4.78 is 4.58. The fourth-order valence-corrected chi connectivity index (χ4v) is 3.07. The maximum absolute atomic E-state index is 13.0. The zero-order valence-corrected chi connectivity index (χ0v) is 16.1. The van der Waals surface area contributed by atoms with Gasteiger partial charge in [0.1, 0.15) is 5.82 Å². The summed E-state index contributed by atoms with van der Waals surface area (Å²) in [6, 6.07) is 7.47. The van der Waals surface area contributed by atoms with Crippen LogP contribution in [0.25, 0.3) is 11.2 Å². The smallest absolute Gasteiger partial charge is 0.318 e. The van der Waals surface area contributed by atoms with E-state index in [-0.39, 0.29) is 11.2 Å². The third kappa shape index (κ3) is 3.32. The van der Waals surface area contributed by atoms with Crippen molar-refractivity contribution in [2.75, 3.05) is 20.6 Å². The first-order chi connectivity index (χ1) is 12.3. The number of fused-ring (bicyclic) bond motifs is 1. The van der Waals surface area contributed by atoms with Crippen molar-refractivity contribution in [3.8, 4) is 0 Å². The van der Waals surface area contributed by atoms with Crippen LogP contribution >= 0.6 is 11.6 Å². The first kappa shape index (κ1) is 18.4. The fraction of sp³-hybridized carbons (Fsp3) is 0.389. The van der Waals surface area contributed by atoms with Gasteiger partial charge in [-0.2, -0.15) is 0 Å². The second kappa shape index (κ2) is 7.09. The van der Waals surface area contributed by atoms with Crippen molar-refractivity contribution in [3.05, 3.63) is 61.5 Å². The molecule has 0 saturated carbocycles. The van der Waals surface area contributed by atoms with Gasteiger partial charge in [-0.1, -0.05) is 23.7 Å². The molecule has 0 unspecified atom stereocenters. The van der Waals surface area contributed by atoms with Crippen molar-refractivity contribution in [1.29, 1.82) is 0 Å². The van der Waals surface area contributed by atoms with Gasteiger partial charge in [0.2, 0.25) is 0 Å². The van der Waals surface area contributed by atoms with Crippen LogP contribution in [0.2, 0.25) is 5.02 Å². The number of nitrogens with zero attached hydrogens (tertiary/aromatic N) is 5. The van der Waals surface area contributed by atoms with Crippen molar-refractivity contribution in [3.63, 3.8) is 0 Å². The Morgan fingerprint density at radius 3 is 2.38 bits per heavy atom. The molecule has 2 aromatic heterocycles. The van der Waals surface area contributed by atoms with Gasteiger partial charge in [0.15, 0.2) is 11.2 Å². The van der Waals surface area contributed by atoms with Crippen LogP contribution < -0.4 is 11.2 Å². The number of aryl methyl sites for hydroxylation is 2. The minimum atomic E-state index is -0.347. The predicted molar refractivity (Wildman–Crippen MR) is 103 cm³/mol. The van der Waals surface area contributed by atoms with Crippen molar-refractivity contribution < 1.29 is 0 Å². The minimum Gasteiger partial charge on any atom is -0.318 e. The van der Waals surface area contributed by atoms with Crippen LogP contribution in [0.1, 0.15) is 11.4 Å². The lowest BCUT2D eigenvalue weighted by atomic mass is 10.2. The maximum atomic E-state index is 13.0. The van der Waals surface area contributed by atoms with Gasteiger partial charge in [-0.05, 0) is 38.7 Å². The van der Waals surface area contributed by atoms with Gasteiger partial charge < -0.3 is 9.47 Å². The average molecular weight is 376 g/mol. The van der Waals surface area contributed by atoms with Crippen molar-refractivity contribution in [1.82, 2.24) is 23.6 Å². The highest BCUT2D eigenvalue weighted by molar-refractivity contribution is 6.30. The van der Waals surface area contributed by atoms with E-state index in [4.69, 9.17) is 11.6 Å². The SMILES string of the molecule is Cc1nc2c(c(=O)n(CCN(C)C)c(=O)n2C)n1Cc1ccc(Cl)cc1. The summed E-state index contributed by atoms with van der Waals surface area (Å²) in [5.74, 6) is 0.687. The normalized spacial score (nSPS) is 11.6. The number of hydrogen-bond acceptors (Lipinski definition) is 4. The highest BCUT2D eigenvalue weighted by atomic mass is 35.5. The van der Waals surface area contributed by atoms with Gasteiger partial charge in [-0.3, -0.25) is 13.9 Å². The maximum Gasteiger partial charge on any atom is 0.332 e. The molecular formula is C18H22ClN5O2. The Morgan fingerprint density at radius 1 is 1.12 bits per heavy atom. The molecular weight excluding hydrogens is 354 g/mol. The molecule has 2 heterocycles. The van der Waals surface area contributed by atoms with E-state index in [2.05, 4.69) is 4.98 Å². The van der Waals surface area contributed by atoms with Crippen LogP contribution in [0.15, 0.2) is 33.9 Å². The molecule has 7 nitrogen and oxygen atoms in total. The summed E-state index contributed by atoms with van der Waals surface area (Å²) in [5, 5.41) is 0.661. The summed E-state index contributed by atoms with van der Waals surface area (Å²) in [4.78, 5) is 32.0. The molecule has 0 amide bonds. The lowest BCUT2D eigenvalue weighted by Gasteiger charge is -2.13. The van der Waals surface area contributed by atoms with Gasteiger partial charge in [0.05, 0.1) is 0 Å². The molecule has 0 atom stereocenters. The van der Waals surface area contributed by atoms with Crippen LogP contribution in [-0.4, -0.2) is 44.2 Å². The van der Waals surface area contributed by atoms with Gasteiger partial charge in [-0.15, -0.1) is 0 Å². The molecule has 0 radical (unpaired) electrons. The number of likely N-dealkylation sites (N-methyl/N-ethyl adjacent to an activating group) is 1. The van der Waals surface area contributed by atoms with Crippen LogP contribution in [0, 0.1) is 6.92 Å². The van der Waals surface area contributed by atoms with E-state index in [0.29, 0.717) is 41.6 Å². The Bertz CT molecular complexity index is 1060. The van der Waals surface area contributed by atoms with Crippen molar-refractivity contribution in [2.24, 2.45) is 7.05 Å². The van der Waals surface area contributed by atoms with Gasteiger partial charge in [-0.25, -0.2) is 9.78 Å². The number of rotatable bonds is 5. The van der Waals surface area contributed by atoms with E-state index in [0.717, 1.165) is 5.56 Å². The topological polar surface area (TPSA) is 65.1 Å². The fourth-order valence-electron chi connectivity index (χ4n) is 2.94. The molecule has 26 heavy (non-hydrogen) atoms. The zero-order valence-electron chi connectivity index (χ0n) is 15.4. The Labute approximate surface area is 156 Å². The molecule has 8 heteroatoms. The van der Waals surface area contributed by atoms with E-state index in [9.17, 15) is 9.59 Å². The van der Waals surface area contributed by atoms with Crippen LogP contribution in [0.5, 0.6) is 0 Å². The molecule has 0 aliphatic carbocycles. The number of benzene rings is 1. The molecule has 138 valence electrons. The van der Waals surface area contributed by atoms with Crippen LogP contribution in [0.3, 0.4) is 0 Å². The highest BCUT2D eigenvalue weighted by Crippen LogP contribution is 2.15. The monoisotopic (exact) mass is 375 g/mol. The van der Waals surface area contributed by atoms with Gasteiger partial charge >= 0.3 is 5.69 Å². The second-order valence-corrected chi connectivity index (χ2v) is 7.08. The Hall–Kier alpha value is -2.38. The molecule has 0 saturated heterocycles. The van der Waals surface area contributed by atoms with E-state index < -0.39 is 0 Å². The van der Waals surface area contributed by atoms with Crippen molar-refractivity contribution >= 4 is 22.8 Å². The average Bonchev–Trinajstić information content (AvgIpc) is 2.91. The Balaban J connectivity index is 2.17. The molecule has 3 aromatic rings. The second-order valence-electron chi connectivity index (χ2n) is 6.65. The van der Waals surface area contributed by atoms with Crippen LogP contribution in [-0.2, 0) is 20.1 Å². The van der Waals surface area contributed by atoms with E-state index >= 15 is 0 Å². The lowest BCUT2D eigenvalue weighted by Crippen LogP contribution is -2.41. The van der Waals surface area contributed by atoms with Crippen molar-refractivity contribution in [2.45, 2.75) is 20.0 Å². The van der Waals surface area contributed by atoms with E-state index in [1.807, 2.05) is 54.8 Å². The van der Waals surface area contributed by atoms with Gasteiger partial charge in [0.25, 0.3) is 5.56 Å². The number of aromatic nitrogens is 4. The number of hydrogen-bond donors (Lipinski definition) is 0. The molecule has 0 fully saturated rings. The predicted octanol–water partition coefficient (Wildman–Crippen LogP) is 1.47. The number of imidazole rings is 1. The molecule has 3 rings (SSSR count). The van der Waals surface area contributed by atoms with E-state index in [1.54, 1.807) is 7.05 Å². The zero-order chi connectivity index (χ0) is 19.0. The number of halogens is 1. The van der Waals surface area contributed by atoms with Gasteiger partial charge in [0, 0.05) is 31.7 Å². The van der Waals surface area contributed by atoms with E-state index in [1.165, 1.54) is 9.13 Å². The third-order valence-electron chi connectivity index (χ3n) is 4.45. The lowest BCUT2D eigenvalue weighted by molar-refractivity contribution is 0.375. The first-order valence-electron chi connectivity index (χ1n) is 8.35. The molecule has 0 spiro atoms. The molecule has 0 N–H and O–H groups in total. The standard InChI is InChI=1S/C18H22ClN5O2/c1-12-20-16-15(24(12)11-13-5-7-14(19)8-6-13)17(25)23(10-9-21(2)3)18(26)22(16)4/h5-8H,9-11H2,1-4H3. The quantitative estimate of drug-likeness (QED) is 0.677. The summed E-state index contributed by atoms with van der Waals surface area (Å²) in [7, 11) is 5.46. The molecule has 0 aliphatic rings. The molecule has 1 aromatic carbocycles. The minimum absolute atomic E-state index is 0.306. The summed E-state index contributed by atoms with van der Waals surface area (Å²) in [5.41, 5.74) is 1.20. The van der Waals surface area contributed by atoms with Crippen LogP contribution in [0.4, 0.5) is 0 Å². The summed E-state index contributed by atoms with van der Waals surface area (Å²) in [6.45, 7) is 3.26. The first-order valence-corrected chi connectivity index (χ1v) is 8.73. The molecule has 0 bridgehead atoms. The third-order valence-corrected chi connectivity index (χ3v) is 4.70. The highest BCUT2D eigenvalue weighted by Gasteiger charge is 2.18. The molecule has 0 aliphatic heterocycles. The summed E-state index contributed by atoms with van der Waals surface area (Å²) >= 11 is 5.95. The Kier molecular flexibility index (Phi) is 5.02. The summed E-state index contributed by atoms with van der Waals surface area (Å²) in [6.07, 6.45) is 0.